The molecule has 1 aromatic carbocycles. The summed E-state index contributed by atoms with van der Waals surface area (Å²) in [5, 5.41) is 9.43. The molecule has 0 atom stereocenters. The molecular formula is C15H15BrF4N4S. The van der Waals surface area contributed by atoms with Crippen LogP contribution < -0.4 is 10.6 Å². The van der Waals surface area contributed by atoms with Gasteiger partial charge in [0.25, 0.3) is 0 Å². The molecule has 2 N–H and O–H groups in total. The number of alkyl halides is 3. The van der Waals surface area contributed by atoms with Gasteiger partial charge in [-0.25, -0.2) is 4.39 Å². The fourth-order valence-corrected chi connectivity index (χ4v) is 2.80. The molecule has 0 fully saturated rings. The van der Waals surface area contributed by atoms with Gasteiger partial charge in [0.2, 0.25) is 0 Å². The zero-order valence-electron chi connectivity index (χ0n) is 13.1. The number of aromatic nitrogens is 2. The van der Waals surface area contributed by atoms with E-state index in [1.54, 1.807) is 25.1 Å². The van der Waals surface area contributed by atoms with Gasteiger partial charge in [0.15, 0.2) is 10.8 Å². The first-order valence-corrected chi connectivity index (χ1v) is 8.49. The molecule has 0 bridgehead atoms. The number of hydrogen-bond donors (Lipinski definition) is 2. The number of para-hydroxylation sites is 1. The van der Waals surface area contributed by atoms with Gasteiger partial charge >= 0.3 is 6.18 Å². The molecule has 0 unspecified atom stereocenters. The van der Waals surface area contributed by atoms with Crippen molar-refractivity contribution in [2.75, 3.05) is 11.9 Å². The van der Waals surface area contributed by atoms with Crippen molar-refractivity contribution in [2.24, 2.45) is 0 Å². The SMILES string of the molecule is Cc1c(Br)c(C(F)(F)F)nn1CCCNC(=S)Nc1ccccc1F. The Kier molecular flexibility index (Phi) is 6.39. The maximum Gasteiger partial charge on any atom is 0.436 e. The average molecular weight is 439 g/mol. The number of rotatable bonds is 5. The lowest BCUT2D eigenvalue weighted by Crippen LogP contribution is -2.30. The molecule has 2 aromatic rings. The summed E-state index contributed by atoms with van der Waals surface area (Å²) in [6.45, 7) is 2.25. The number of hydrogen-bond acceptors (Lipinski definition) is 2. The summed E-state index contributed by atoms with van der Waals surface area (Å²) < 4.78 is 53.1. The van der Waals surface area contributed by atoms with Gasteiger partial charge in [-0.3, -0.25) is 4.68 Å². The van der Waals surface area contributed by atoms with Crippen LogP contribution in [0.15, 0.2) is 28.7 Å². The highest BCUT2D eigenvalue weighted by molar-refractivity contribution is 9.10. The summed E-state index contributed by atoms with van der Waals surface area (Å²) in [6, 6.07) is 6.09. The normalized spacial score (nSPS) is 11.4. The van der Waals surface area contributed by atoms with E-state index in [2.05, 4.69) is 31.7 Å². The highest BCUT2D eigenvalue weighted by atomic mass is 79.9. The quantitative estimate of drug-likeness (QED) is 0.410. The molecule has 0 radical (unpaired) electrons. The number of thiocarbonyl (C=S) groups is 1. The van der Waals surface area contributed by atoms with E-state index in [4.69, 9.17) is 12.2 Å². The Labute approximate surface area is 155 Å². The van der Waals surface area contributed by atoms with Crippen LogP contribution in [-0.4, -0.2) is 21.4 Å². The van der Waals surface area contributed by atoms with E-state index in [1.807, 2.05) is 0 Å². The molecule has 136 valence electrons. The topological polar surface area (TPSA) is 41.9 Å². The number of halogens is 5. The van der Waals surface area contributed by atoms with Crippen LogP contribution in [0.2, 0.25) is 0 Å². The first-order chi connectivity index (χ1) is 11.7. The fraction of sp³-hybridized carbons (Fsp3) is 0.333. The lowest BCUT2D eigenvalue weighted by molar-refractivity contribution is -0.142. The van der Waals surface area contributed by atoms with Gasteiger partial charge in [-0.05, 0) is 53.6 Å². The summed E-state index contributed by atoms with van der Waals surface area (Å²) in [4.78, 5) is 0. The molecule has 0 spiro atoms. The molecule has 1 aromatic heterocycles. The Bertz CT molecular complexity index is 760. The number of nitrogens with zero attached hydrogens (tertiary/aromatic N) is 2. The molecule has 0 amide bonds. The Morgan fingerprint density at radius 1 is 1.32 bits per heavy atom. The van der Waals surface area contributed by atoms with Crippen LogP contribution in [0.1, 0.15) is 17.8 Å². The molecule has 25 heavy (non-hydrogen) atoms. The minimum atomic E-state index is -4.50. The van der Waals surface area contributed by atoms with Crippen LogP contribution >= 0.6 is 28.1 Å². The third-order valence-electron chi connectivity index (χ3n) is 3.36. The summed E-state index contributed by atoms with van der Waals surface area (Å²) >= 11 is 7.99. The first kappa shape index (κ1) is 19.6. The zero-order chi connectivity index (χ0) is 18.6. The van der Waals surface area contributed by atoms with Crippen molar-refractivity contribution >= 4 is 38.9 Å². The van der Waals surface area contributed by atoms with Crippen LogP contribution in [0.25, 0.3) is 0 Å². The van der Waals surface area contributed by atoms with Crippen LogP contribution in [0.5, 0.6) is 0 Å². The third-order valence-corrected chi connectivity index (χ3v) is 4.55. The van der Waals surface area contributed by atoms with E-state index in [9.17, 15) is 17.6 Å². The second-order valence-corrected chi connectivity index (χ2v) is 6.38. The summed E-state index contributed by atoms with van der Waals surface area (Å²) in [6.07, 6.45) is -4.01. The maximum absolute atomic E-state index is 13.5. The molecule has 1 heterocycles. The van der Waals surface area contributed by atoms with Gasteiger partial charge in [0.05, 0.1) is 15.9 Å². The molecule has 10 heteroatoms. The van der Waals surface area contributed by atoms with E-state index in [-0.39, 0.29) is 21.8 Å². The van der Waals surface area contributed by atoms with Gasteiger partial charge < -0.3 is 10.6 Å². The Balaban J connectivity index is 1.84. The highest BCUT2D eigenvalue weighted by Gasteiger charge is 2.37. The van der Waals surface area contributed by atoms with Crippen molar-refractivity contribution in [3.05, 3.63) is 45.9 Å². The van der Waals surface area contributed by atoms with Gasteiger partial charge in [0.1, 0.15) is 5.82 Å². The molecule has 0 saturated carbocycles. The molecule has 0 aliphatic rings. The van der Waals surface area contributed by atoms with Crippen molar-refractivity contribution in [1.82, 2.24) is 15.1 Å². The van der Waals surface area contributed by atoms with Crippen LogP contribution in [0.3, 0.4) is 0 Å². The van der Waals surface area contributed by atoms with E-state index in [1.165, 1.54) is 10.7 Å². The monoisotopic (exact) mass is 438 g/mol. The van der Waals surface area contributed by atoms with E-state index >= 15 is 0 Å². The second kappa shape index (κ2) is 8.13. The predicted molar refractivity (Wildman–Crippen MR) is 94.9 cm³/mol. The van der Waals surface area contributed by atoms with Gasteiger partial charge in [-0.1, -0.05) is 12.1 Å². The highest BCUT2D eigenvalue weighted by Crippen LogP contribution is 2.35. The number of nitrogens with one attached hydrogen (secondary N) is 2. The van der Waals surface area contributed by atoms with Crippen LogP contribution in [-0.2, 0) is 12.7 Å². The van der Waals surface area contributed by atoms with Crippen molar-refractivity contribution in [2.45, 2.75) is 26.1 Å². The number of aryl methyl sites for hydroxylation is 1. The lowest BCUT2D eigenvalue weighted by atomic mass is 10.3. The van der Waals surface area contributed by atoms with Gasteiger partial charge in [-0.2, -0.15) is 18.3 Å². The predicted octanol–water partition coefficient (Wildman–Crippen LogP) is 4.49. The standard InChI is InChI=1S/C15H15BrF4N4S/c1-9-12(16)13(15(18,19)20)23-24(9)8-4-7-21-14(25)22-11-6-3-2-5-10(11)17/h2-3,5-6H,4,7-8H2,1H3,(H2,21,22,25). The smallest absolute Gasteiger partial charge is 0.362 e. The van der Waals surface area contributed by atoms with E-state index in [0.717, 1.165) is 0 Å². The van der Waals surface area contributed by atoms with Gasteiger partial charge in [-0.15, -0.1) is 0 Å². The molecule has 4 nitrogen and oxygen atoms in total. The largest absolute Gasteiger partial charge is 0.436 e. The minimum Gasteiger partial charge on any atom is -0.362 e. The maximum atomic E-state index is 13.5. The first-order valence-electron chi connectivity index (χ1n) is 7.29. The Morgan fingerprint density at radius 3 is 2.60 bits per heavy atom. The van der Waals surface area contributed by atoms with Crippen molar-refractivity contribution in [3.63, 3.8) is 0 Å². The molecule has 0 aliphatic carbocycles. The summed E-state index contributed by atoms with van der Waals surface area (Å²) in [5.74, 6) is -0.427. The lowest BCUT2D eigenvalue weighted by Gasteiger charge is -2.11. The van der Waals surface area contributed by atoms with Crippen molar-refractivity contribution in [3.8, 4) is 0 Å². The molecule has 2 rings (SSSR count). The summed E-state index contributed by atoms with van der Waals surface area (Å²) in [7, 11) is 0. The van der Waals surface area contributed by atoms with E-state index < -0.39 is 17.7 Å². The van der Waals surface area contributed by atoms with Crippen molar-refractivity contribution in [1.29, 1.82) is 0 Å². The molecular weight excluding hydrogens is 424 g/mol. The molecule has 0 aliphatic heterocycles. The van der Waals surface area contributed by atoms with Crippen LogP contribution in [0, 0.1) is 12.7 Å². The fourth-order valence-electron chi connectivity index (χ4n) is 2.08. The minimum absolute atomic E-state index is 0.0512. The molecule has 0 saturated heterocycles. The zero-order valence-corrected chi connectivity index (χ0v) is 15.5. The van der Waals surface area contributed by atoms with Gasteiger partial charge in [0, 0.05) is 13.1 Å². The Hall–Kier alpha value is -1.68. The van der Waals surface area contributed by atoms with Crippen LogP contribution in [0.4, 0.5) is 23.2 Å². The van der Waals surface area contributed by atoms with E-state index in [0.29, 0.717) is 18.7 Å². The number of benzene rings is 1. The third kappa shape index (κ3) is 5.15. The Morgan fingerprint density at radius 2 is 2.00 bits per heavy atom. The average Bonchev–Trinajstić information content (AvgIpc) is 2.82. The number of anilines is 1. The van der Waals surface area contributed by atoms with Crippen molar-refractivity contribution < 1.29 is 17.6 Å². The second-order valence-electron chi connectivity index (χ2n) is 5.18. The summed E-state index contributed by atoms with van der Waals surface area (Å²) in [5.41, 5.74) is -0.282.